The minimum Gasteiger partial charge on any atom is -0.495 e. The fourth-order valence-electron chi connectivity index (χ4n) is 3.22. The second-order valence-corrected chi connectivity index (χ2v) is 7.84. The van der Waals surface area contributed by atoms with Crippen molar-refractivity contribution in [2.24, 2.45) is 0 Å². The van der Waals surface area contributed by atoms with Crippen molar-refractivity contribution in [3.8, 4) is 17.5 Å². The summed E-state index contributed by atoms with van der Waals surface area (Å²) in [5, 5.41) is 9.91. The number of rotatable bonds is 5. The second-order valence-electron chi connectivity index (χ2n) is 6.81. The summed E-state index contributed by atoms with van der Waals surface area (Å²) in [6.07, 6.45) is 3.20. The number of hydrogen-bond acceptors (Lipinski definition) is 6. The van der Waals surface area contributed by atoms with Gasteiger partial charge in [0.25, 0.3) is 5.56 Å². The van der Waals surface area contributed by atoms with Crippen LogP contribution in [0.15, 0.2) is 77.7 Å². The number of Topliss-reactive ketones (excluding diaryl/α,β-unsaturated/α-hetero) is 1. The molecule has 0 atom stereocenters. The molecule has 0 unspecified atom stereocenters. The molecule has 0 aliphatic heterocycles. The van der Waals surface area contributed by atoms with Gasteiger partial charge >= 0.3 is 0 Å². The zero-order valence-electron chi connectivity index (χ0n) is 17.4. The number of halogens is 1. The molecular weight excluding hydrogens is 441 g/mol. The molecule has 4 aromatic rings. The van der Waals surface area contributed by atoms with Crippen molar-refractivity contribution in [1.29, 1.82) is 5.26 Å². The van der Waals surface area contributed by atoms with Crippen molar-refractivity contribution in [3.63, 3.8) is 0 Å². The summed E-state index contributed by atoms with van der Waals surface area (Å²) in [6.45, 7) is 0. The van der Waals surface area contributed by atoms with E-state index in [4.69, 9.17) is 4.74 Å². The smallest absolute Gasteiger partial charge is 0.273 e. The van der Waals surface area contributed by atoms with E-state index in [-0.39, 0.29) is 20.3 Å². The lowest BCUT2D eigenvalue weighted by molar-refractivity contribution is 0.105. The number of aromatic nitrogens is 2. The number of carbonyl (C=O) groups is 1. The first-order chi connectivity index (χ1) is 16.0. The third-order valence-electron chi connectivity index (χ3n) is 4.78. The Labute approximate surface area is 191 Å². The Kier molecular flexibility index (Phi) is 6.24. The number of hydrogen-bond donors (Lipinski definition) is 0. The molecule has 2 heterocycles. The van der Waals surface area contributed by atoms with E-state index < -0.39 is 17.2 Å². The van der Waals surface area contributed by atoms with Crippen LogP contribution in [-0.2, 0) is 0 Å². The number of benzene rings is 2. The van der Waals surface area contributed by atoms with Crippen LogP contribution < -0.4 is 19.5 Å². The molecule has 4 rings (SSSR count). The van der Waals surface area contributed by atoms with Gasteiger partial charge in [-0.3, -0.25) is 19.1 Å². The molecule has 2 aromatic heterocycles. The minimum absolute atomic E-state index is 0.135. The predicted octanol–water partition coefficient (Wildman–Crippen LogP) is 2.83. The molecule has 0 spiro atoms. The highest BCUT2D eigenvalue weighted by atomic mass is 32.1. The minimum atomic E-state index is -0.619. The zero-order chi connectivity index (χ0) is 23.4. The number of methoxy groups -OCH3 is 1. The Morgan fingerprint density at radius 3 is 2.52 bits per heavy atom. The third kappa shape index (κ3) is 4.35. The Balaban J connectivity index is 2.08. The Bertz CT molecular complexity index is 1550. The molecule has 0 bridgehead atoms. The molecule has 2 aromatic carbocycles. The zero-order valence-corrected chi connectivity index (χ0v) is 18.2. The number of nitrogens with zero attached hydrogens (tertiary/aromatic N) is 3. The van der Waals surface area contributed by atoms with Gasteiger partial charge in [-0.15, -0.1) is 11.3 Å². The molecular formula is C25H16FN3O3S. The Morgan fingerprint density at radius 1 is 1.12 bits per heavy atom. The molecule has 0 N–H and O–H groups in total. The van der Waals surface area contributed by atoms with Crippen molar-refractivity contribution < 1.29 is 13.9 Å². The molecule has 0 saturated heterocycles. The first-order valence-electron chi connectivity index (χ1n) is 9.76. The Morgan fingerprint density at radius 2 is 1.85 bits per heavy atom. The van der Waals surface area contributed by atoms with Crippen LogP contribution >= 0.6 is 11.3 Å². The maximum Gasteiger partial charge on any atom is 0.273 e. The normalized spacial score (nSPS) is 12.2. The van der Waals surface area contributed by atoms with Gasteiger partial charge in [-0.1, -0.05) is 18.2 Å². The highest BCUT2D eigenvalue weighted by Gasteiger charge is 2.20. The first kappa shape index (κ1) is 21.9. The van der Waals surface area contributed by atoms with E-state index >= 15 is 0 Å². The molecule has 0 aliphatic carbocycles. The average Bonchev–Trinajstić information content (AvgIpc) is 3.15. The number of carbonyl (C=O) groups excluding carboxylic acids is 1. The van der Waals surface area contributed by atoms with E-state index in [1.807, 2.05) is 6.07 Å². The van der Waals surface area contributed by atoms with E-state index in [1.54, 1.807) is 54.7 Å². The van der Waals surface area contributed by atoms with Crippen molar-refractivity contribution in [1.82, 2.24) is 9.55 Å². The van der Waals surface area contributed by atoms with E-state index in [1.165, 1.54) is 23.8 Å². The van der Waals surface area contributed by atoms with E-state index in [0.29, 0.717) is 17.1 Å². The standard InChI is InChI=1S/C25H16FN3O3S/c1-32-21-8-3-2-7-20(21)29-24(31)22(14-18-6-4-5-13-28-18)33-25(29)19(15-27)23(30)16-9-11-17(26)12-10-16/h2-14H,1H3/b22-14+,25-19-. The largest absolute Gasteiger partial charge is 0.495 e. The number of thiazole rings is 1. The lowest BCUT2D eigenvalue weighted by atomic mass is 10.1. The average molecular weight is 457 g/mol. The predicted molar refractivity (Wildman–Crippen MR) is 123 cm³/mol. The van der Waals surface area contributed by atoms with Gasteiger partial charge in [0.2, 0.25) is 5.78 Å². The fraction of sp³-hybridized carbons (Fsp3) is 0.0400. The summed E-state index contributed by atoms with van der Waals surface area (Å²) in [5.74, 6) is -0.722. The molecule has 8 heteroatoms. The molecule has 0 fully saturated rings. The summed E-state index contributed by atoms with van der Waals surface area (Å²) in [7, 11) is 1.47. The molecule has 162 valence electrons. The van der Waals surface area contributed by atoms with Crippen LogP contribution in [0.2, 0.25) is 0 Å². The van der Waals surface area contributed by atoms with Gasteiger partial charge in [0.1, 0.15) is 27.9 Å². The van der Waals surface area contributed by atoms with Gasteiger partial charge in [0.05, 0.1) is 23.0 Å². The lowest BCUT2D eigenvalue weighted by Crippen LogP contribution is -2.31. The topological polar surface area (TPSA) is 85.0 Å². The molecule has 0 aliphatic rings. The van der Waals surface area contributed by atoms with Crippen molar-refractivity contribution >= 4 is 28.8 Å². The number of nitriles is 1. The van der Waals surface area contributed by atoms with Gasteiger partial charge in [-0.2, -0.15) is 5.26 Å². The van der Waals surface area contributed by atoms with Crippen molar-refractivity contribution in [3.05, 3.63) is 110 Å². The van der Waals surface area contributed by atoms with Crippen LogP contribution in [0.25, 0.3) is 17.3 Å². The fourth-order valence-corrected chi connectivity index (χ4v) is 4.30. The summed E-state index contributed by atoms with van der Waals surface area (Å²) < 4.78 is 20.5. The monoisotopic (exact) mass is 457 g/mol. The summed E-state index contributed by atoms with van der Waals surface area (Å²) in [5.41, 5.74) is 0.408. The van der Waals surface area contributed by atoms with Gasteiger partial charge in [-0.25, -0.2) is 4.39 Å². The van der Waals surface area contributed by atoms with Crippen LogP contribution in [0.1, 0.15) is 16.1 Å². The highest BCUT2D eigenvalue weighted by molar-refractivity contribution is 7.07. The first-order valence-corrected chi connectivity index (χ1v) is 10.6. The SMILES string of the molecule is COc1ccccc1-n1c(=O)/c(=C\c2ccccn2)s/c1=C(/C#N)C(=O)c1ccc(F)cc1. The molecule has 33 heavy (non-hydrogen) atoms. The summed E-state index contributed by atoms with van der Waals surface area (Å²) in [6, 6.07) is 18.9. The van der Waals surface area contributed by atoms with E-state index in [9.17, 15) is 19.2 Å². The van der Waals surface area contributed by atoms with Crippen molar-refractivity contribution in [2.75, 3.05) is 7.11 Å². The van der Waals surface area contributed by atoms with E-state index in [2.05, 4.69) is 4.98 Å². The third-order valence-corrected chi connectivity index (χ3v) is 5.87. The summed E-state index contributed by atoms with van der Waals surface area (Å²) >= 11 is 0.999. The maximum absolute atomic E-state index is 13.5. The van der Waals surface area contributed by atoms with E-state index in [0.717, 1.165) is 23.5 Å². The summed E-state index contributed by atoms with van der Waals surface area (Å²) in [4.78, 5) is 30.8. The molecule has 0 amide bonds. The van der Waals surface area contributed by atoms with Crippen LogP contribution in [0.5, 0.6) is 5.75 Å². The Hall–Kier alpha value is -4.35. The number of pyridine rings is 1. The van der Waals surface area contributed by atoms with Crippen LogP contribution in [0.3, 0.4) is 0 Å². The quantitative estimate of drug-likeness (QED) is 0.430. The number of ketones is 1. The molecule has 0 saturated carbocycles. The number of para-hydroxylation sites is 2. The van der Waals surface area contributed by atoms with Gasteiger partial charge in [0.15, 0.2) is 0 Å². The van der Waals surface area contributed by atoms with Crippen LogP contribution in [0.4, 0.5) is 4.39 Å². The molecule has 6 nitrogen and oxygen atoms in total. The van der Waals surface area contributed by atoms with Gasteiger partial charge in [-0.05, 0) is 54.6 Å². The molecule has 0 radical (unpaired) electrons. The van der Waals surface area contributed by atoms with Crippen LogP contribution in [0, 0.1) is 17.1 Å². The maximum atomic E-state index is 13.5. The lowest BCUT2D eigenvalue weighted by Gasteiger charge is -2.09. The second kappa shape index (κ2) is 9.42. The van der Waals surface area contributed by atoms with Gasteiger partial charge < -0.3 is 4.74 Å². The highest BCUT2D eigenvalue weighted by Crippen LogP contribution is 2.20. The van der Waals surface area contributed by atoms with Crippen LogP contribution in [-0.4, -0.2) is 22.4 Å². The van der Waals surface area contributed by atoms with Gasteiger partial charge in [0, 0.05) is 11.8 Å². The van der Waals surface area contributed by atoms with Crippen molar-refractivity contribution in [2.45, 2.75) is 0 Å². The number of ether oxygens (including phenoxy) is 1.